The maximum Gasteiger partial charge on any atom is 0.268 e. The lowest BCUT2D eigenvalue weighted by Crippen LogP contribution is -2.14. The summed E-state index contributed by atoms with van der Waals surface area (Å²) in [5.74, 6) is -0.976. The van der Waals surface area contributed by atoms with Crippen molar-refractivity contribution >= 4 is 10.0 Å². The van der Waals surface area contributed by atoms with E-state index in [-0.39, 0.29) is 34.1 Å². The first-order valence-corrected chi connectivity index (χ1v) is 14.9. The van der Waals surface area contributed by atoms with E-state index in [1.165, 1.54) is 43.3 Å². The van der Waals surface area contributed by atoms with Gasteiger partial charge < -0.3 is 14.8 Å². The summed E-state index contributed by atoms with van der Waals surface area (Å²) in [6.07, 6.45) is 6.04. The summed E-state index contributed by atoms with van der Waals surface area (Å²) in [5, 5.41) is 2.99. The average Bonchev–Trinajstić information content (AvgIpc) is 3.64. The Bertz CT molecular complexity index is 1630. The molecule has 1 fully saturated rings. The van der Waals surface area contributed by atoms with Gasteiger partial charge in [0.15, 0.2) is 0 Å². The van der Waals surface area contributed by atoms with Crippen LogP contribution >= 0.6 is 0 Å². The number of hydrogen-bond acceptors (Lipinski definition) is 5. The molecule has 0 radical (unpaired) electrons. The van der Waals surface area contributed by atoms with Crippen LogP contribution in [0.2, 0.25) is 0 Å². The van der Waals surface area contributed by atoms with Gasteiger partial charge in [0.05, 0.1) is 17.2 Å². The molecule has 216 valence electrons. The molecule has 1 aromatic heterocycles. The molecule has 5 rings (SSSR count). The Morgan fingerprint density at radius 3 is 2.44 bits per heavy atom. The highest BCUT2D eigenvalue weighted by molar-refractivity contribution is 7.90. The maximum absolute atomic E-state index is 15.4. The van der Waals surface area contributed by atoms with E-state index in [0.29, 0.717) is 30.4 Å². The van der Waals surface area contributed by atoms with Crippen LogP contribution in [0.3, 0.4) is 0 Å². The van der Waals surface area contributed by atoms with Crippen molar-refractivity contribution in [3.63, 3.8) is 0 Å². The van der Waals surface area contributed by atoms with Crippen molar-refractivity contribution in [2.24, 2.45) is 5.92 Å². The van der Waals surface area contributed by atoms with Crippen LogP contribution in [0.25, 0.3) is 11.3 Å². The van der Waals surface area contributed by atoms with Gasteiger partial charge in [0.25, 0.3) is 10.0 Å². The van der Waals surface area contributed by atoms with E-state index in [2.05, 4.69) is 5.32 Å². The summed E-state index contributed by atoms with van der Waals surface area (Å²) in [6.45, 7) is 0.594. The second-order valence-electron chi connectivity index (χ2n) is 10.2. The Balaban J connectivity index is 1.42. The van der Waals surface area contributed by atoms with E-state index in [1.807, 2.05) is 0 Å². The third-order valence-corrected chi connectivity index (χ3v) is 8.83. The number of hydrogen-bond donors (Lipinski definition) is 1. The molecular weight excluding hydrogens is 553 g/mol. The van der Waals surface area contributed by atoms with Gasteiger partial charge in [-0.15, -0.1) is 0 Å². The third-order valence-electron chi connectivity index (χ3n) is 7.16. The predicted molar refractivity (Wildman–Crippen MR) is 150 cm³/mol. The topological polar surface area (TPSA) is 69.6 Å². The monoisotopic (exact) mass is 584 g/mol. The van der Waals surface area contributed by atoms with Crippen LogP contribution in [-0.2, 0) is 23.2 Å². The highest BCUT2D eigenvalue weighted by atomic mass is 32.2. The minimum Gasteiger partial charge on any atom is -0.493 e. The van der Waals surface area contributed by atoms with Crippen LogP contribution in [0.5, 0.6) is 11.5 Å². The molecule has 0 atom stereocenters. The van der Waals surface area contributed by atoms with Crippen LogP contribution < -0.4 is 14.8 Å². The van der Waals surface area contributed by atoms with Crippen LogP contribution in [-0.4, -0.2) is 26.0 Å². The average molecular weight is 585 g/mol. The quantitative estimate of drug-likeness (QED) is 0.213. The van der Waals surface area contributed by atoms with Gasteiger partial charge in [-0.1, -0.05) is 18.9 Å². The Labute approximate surface area is 237 Å². The lowest BCUT2D eigenvalue weighted by atomic mass is 10.1. The molecule has 0 saturated heterocycles. The van der Waals surface area contributed by atoms with Gasteiger partial charge in [0.2, 0.25) is 0 Å². The van der Waals surface area contributed by atoms with E-state index in [0.717, 1.165) is 41.1 Å². The highest BCUT2D eigenvalue weighted by Gasteiger charge is 2.24. The van der Waals surface area contributed by atoms with E-state index in [9.17, 15) is 17.2 Å². The van der Waals surface area contributed by atoms with Crippen LogP contribution in [0.1, 0.15) is 36.8 Å². The van der Waals surface area contributed by atoms with Crippen molar-refractivity contribution in [1.29, 1.82) is 0 Å². The first-order chi connectivity index (χ1) is 19.7. The van der Waals surface area contributed by atoms with E-state index in [1.54, 1.807) is 25.2 Å². The van der Waals surface area contributed by atoms with Gasteiger partial charge in [-0.05, 0) is 79.9 Å². The van der Waals surface area contributed by atoms with Crippen LogP contribution in [0, 0.1) is 23.4 Å². The SMILES string of the molecule is CNCc1cc(-c2ccc(OCc3cc(F)ccc3F)cc2F)n(S(=O)(=O)c2cccc(OCC3CCCC3)c2)c1. The molecule has 1 heterocycles. The predicted octanol–water partition coefficient (Wildman–Crippen LogP) is 6.68. The Morgan fingerprint density at radius 2 is 1.68 bits per heavy atom. The molecule has 0 aliphatic heterocycles. The second-order valence-corrected chi connectivity index (χ2v) is 12.0. The molecule has 41 heavy (non-hydrogen) atoms. The van der Waals surface area contributed by atoms with Crippen molar-refractivity contribution < 1.29 is 31.1 Å². The van der Waals surface area contributed by atoms with Gasteiger partial charge in [-0.25, -0.2) is 25.6 Å². The summed E-state index contributed by atoms with van der Waals surface area (Å²) >= 11 is 0. The molecule has 0 spiro atoms. The van der Waals surface area contributed by atoms with Gasteiger partial charge in [-0.2, -0.15) is 0 Å². The van der Waals surface area contributed by atoms with E-state index >= 15 is 4.39 Å². The lowest BCUT2D eigenvalue weighted by molar-refractivity contribution is 0.251. The number of benzene rings is 3. The summed E-state index contributed by atoms with van der Waals surface area (Å²) < 4.78 is 83.0. The fourth-order valence-electron chi connectivity index (χ4n) is 5.03. The zero-order valence-corrected chi connectivity index (χ0v) is 23.4. The van der Waals surface area contributed by atoms with E-state index < -0.39 is 27.5 Å². The molecule has 1 saturated carbocycles. The molecule has 1 aliphatic carbocycles. The van der Waals surface area contributed by atoms with Gasteiger partial charge >= 0.3 is 0 Å². The minimum absolute atomic E-state index is 0.0133. The number of rotatable bonds is 11. The fourth-order valence-corrected chi connectivity index (χ4v) is 6.46. The Kier molecular flexibility index (Phi) is 8.70. The number of halogens is 3. The molecule has 0 bridgehead atoms. The van der Waals surface area contributed by atoms with Crippen molar-refractivity contribution in [2.45, 2.75) is 43.7 Å². The molecule has 1 N–H and O–H groups in total. The Hall–Kier alpha value is -3.76. The summed E-state index contributed by atoms with van der Waals surface area (Å²) in [5.41, 5.74) is 0.795. The normalized spacial score (nSPS) is 14.0. The highest BCUT2D eigenvalue weighted by Crippen LogP contribution is 2.32. The van der Waals surface area contributed by atoms with Gasteiger partial charge in [0.1, 0.15) is 35.6 Å². The lowest BCUT2D eigenvalue weighted by Gasteiger charge is -2.14. The molecule has 4 aromatic rings. The van der Waals surface area contributed by atoms with Gasteiger partial charge in [0, 0.05) is 36.0 Å². The number of aromatic nitrogens is 1. The Morgan fingerprint density at radius 1 is 0.902 bits per heavy atom. The number of ether oxygens (including phenoxy) is 2. The van der Waals surface area contributed by atoms with Crippen LogP contribution in [0.15, 0.2) is 77.8 Å². The molecule has 10 heteroatoms. The molecular formula is C31H31F3N2O4S. The smallest absolute Gasteiger partial charge is 0.268 e. The number of nitrogens with zero attached hydrogens (tertiary/aromatic N) is 1. The minimum atomic E-state index is -4.12. The largest absolute Gasteiger partial charge is 0.493 e. The molecule has 0 amide bonds. The first-order valence-electron chi connectivity index (χ1n) is 13.5. The summed E-state index contributed by atoms with van der Waals surface area (Å²) in [6, 6.07) is 14.9. The zero-order valence-electron chi connectivity index (χ0n) is 22.6. The number of nitrogens with one attached hydrogen (secondary N) is 1. The van der Waals surface area contributed by atoms with Crippen molar-refractivity contribution in [1.82, 2.24) is 9.29 Å². The van der Waals surface area contributed by atoms with Gasteiger partial charge in [-0.3, -0.25) is 0 Å². The fraction of sp³-hybridized carbons (Fsp3) is 0.290. The third kappa shape index (κ3) is 6.60. The molecule has 0 unspecified atom stereocenters. The standard InChI is InChI=1S/C31H31F3N2O4S/c1-35-17-22-13-31(28-11-10-26(16-30(28)34)40-20-23-14-24(32)9-12-29(23)33)36(18-22)41(37,38)27-8-4-7-25(15-27)39-19-21-5-2-3-6-21/h4,7-16,18,21,35H,2-3,5-6,17,19-20H2,1H3. The summed E-state index contributed by atoms with van der Waals surface area (Å²) in [4.78, 5) is 0.0201. The van der Waals surface area contributed by atoms with Crippen molar-refractivity contribution in [3.05, 3.63) is 102 Å². The second kappa shape index (κ2) is 12.4. The molecule has 1 aliphatic rings. The van der Waals surface area contributed by atoms with Crippen LogP contribution in [0.4, 0.5) is 13.2 Å². The maximum atomic E-state index is 15.4. The zero-order chi connectivity index (χ0) is 29.0. The summed E-state index contributed by atoms with van der Waals surface area (Å²) in [7, 11) is -2.40. The van der Waals surface area contributed by atoms with E-state index in [4.69, 9.17) is 9.47 Å². The molecule has 3 aromatic carbocycles. The first kappa shape index (κ1) is 28.8. The van der Waals surface area contributed by atoms with Crippen molar-refractivity contribution in [3.8, 4) is 22.8 Å². The van der Waals surface area contributed by atoms with Crippen molar-refractivity contribution in [2.75, 3.05) is 13.7 Å². The molecule has 6 nitrogen and oxygen atoms in total.